The van der Waals surface area contributed by atoms with Crippen molar-refractivity contribution in [2.45, 2.75) is 25.7 Å². The Kier molecular flexibility index (Phi) is 5.52. The molecular formula is C19H21NO3. The Hall–Kier alpha value is -2.62. The van der Waals surface area contributed by atoms with Crippen LogP contribution >= 0.6 is 0 Å². The van der Waals surface area contributed by atoms with E-state index >= 15 is 0 Å². The van der Waals surface area contributed by atoms with E-state index in [1.54, 1.807) is 36.4 Å². The zero-order valence-corrected chi connectivity index (χ0v) is 13.3. The molecule has 0 aliphatic heterocycles. The van der Waals surface area contributed by atoms with Crippen molar-refractivity contribution in [2.24, 2.45) is 0 Å². The summed E-state index contributed by atoms with van der Waals surface area (Å²) in [6, 6.07) is 16.3. The number of rotatable bonds is 6. The van der Waals surface area contributed by atoms with Gasteiger partial charge in [-0.05, 0) is 29.2 Å². The average Bonchev–Trinajstić information content (AvgIpc) is 2.55. The van der Waals surface area contributed by atoms with Gasteiger partial charge in [-0.1, -0.05) is 56.3 Å². The summed E-state index contributed by atoms with van der Waals surface area (Å²) in [5, 5.41) is 12.1. The van der Waals surface area contributed by atoms with Crippen molar-refractivity contribution in [1.82, 2.24) is 5.32 Å². The summed E-state index contributed by atoms with van der Waals surface area (Å²) in [6.07, 6.45) is 0. The third-order valence-electron chi connectivity index (χ3n) is 3.81. The SMILES string of the molecule is CC(C)c1ccc(C(=O)NCC(C(=O)O)c2ccccc2)cc1. The lowest BCUT2D eigenvalue weighted by Crippen LogP contribution is -2.31. The Labute approximate surface area is 136 Å². The number of nitrogens with one attached hydrogen (secondary N) is 1. The molecule has 2 aromatic rings. The van der Waals surface area contributed by atoms with Gasteiger partial charge in [-0.3, -0.25) is 9.59 Å². The number of carbonyl (C=O) groups excluding carboxylic acids is 1. The molecule has 0 aliphatic rings. The molecule has 4 nitrogen and oxygen atoms in total. The smallest absolute Gasteiger partial charge is 0.312 e. The fourth-order valence-corrected chi connectivity index (χ4v) is 2.35. The summed E-state index contributed by atoms with van der Waals surface area (Å²) < 4.78 is 0. The van der Waals surface area contributed by atoms with Crippen LogP contribution in [0.25, 0.3) is 0 Å². The van der Waals surface area contributed by atoms with Crippen LogP contribution in [0.3, 0.4) is 0 Å². The quantitative estimate of drug-likeness (QED) is 0.859. The van der Waals surface area contributed by atoms with Gasteiger partial charge in [0, 0.05) is 12.1 Å². The number of amides is 1. The number of carboxylic acids is 1. The molecule has 1 unspecified atom stereocenters. The molecule has 0 saturated carbocycles. The van der Waals surface area contributed by atoms with E-state index in [-0.39, 0.29) is 12.5 Å². The summed E-state index contributed by atoms with van der Waals surface area (Å²) in [5.74, 6) is -1.56. The zero-order valence-electron chi connectivity index (χ0n) is 13.3. The summed E-state index contributed by atoms with van der Waals surface area (Å²) in [4.78, 5) is 23.6. The number of aliphatic carboxylic acids is 1. The second-order valence-electron chi connectivity index (χ2n) is 5.79. The van der Waals surface area contributed by atoms with Gasteiger partial charge < -0.3 is 10.4 Å². The Morgan fingerprint density at radius 1 is 0.957 bits per heavy atom. The largest absolute Gasteiger partial charge is 0.481 e. The fraction of sp³-hybridized carbons (Fsp3) is 0.263. The van der Waals surface area contributed by atoms with E-state index in [1.807, 2.05) is 18.2 Å². The lowest BCUT2D eigenvalue weighted by atomic mass is 9.99. The van der Waals surface area contributed by atoms with Gasteiger partial charge in [-0.15, -0.1) is 0 Å². The minimum absolute atomic E-state index is 0.0596. The molecule has 2 N–H and O–H groups in total. The second-order valence-corrected chi connectivity index (χ2v) is 5.79. The number of benzene rings is 2. The molecule has 0 saturated heterocycles. The van der Waals surface area contributed by atoms with Gasteiger partial charge >= 0.3 is 5.97 Å². The van der Waals surface area contributed by atoms with Crippen molar-refractivity contribution < 1.29 is 14.7 Å². The van der Waals surface area contributed by atoms with Crippen molar-refractivity contribution in [2.75, 3.05) is 6.54 Å². The Morgan fingerprint density at radius 2 is 1.57 bits per heavy atom. The number of carbonyl (C=O) groups is 2. The molecule has 4 heteroatoms. The first kappa shape index (κ1) is 16.7. The molecule has 0 bridgehead atoms. The molecule has 0 aliphatic carbocycles. The summed E-state index contributed by atoms with van der Waals surface area (Å²) >= 11 is 0. The monoisotopic (exact) mass is 311 g/mol. The van der Waals surface area contributed by atoms with Crippen LogP contribution in [0.4, 0.5) is 0 Å². The maximum atomic E-state index is 12.2. The van der Waals surface area contributed by atoms with E-state index in [1.165, 1.54) is 0 Å². The lowest BCUT2D eigenvalue weighted by molar-refractivity contribution is -0.138. The standard InChI is InChI=1S/C19H21NO3/c1-13(2)14-8-10-16(11-9-14)18(21)20-12-17(19(22)23)15-6-4-3-5-7-15/h3-11,13,17H,12H2,1-2H3,(H,20,21)(H,22,23). The minimum atomic E-state index is -0.952. The van der Waals surface area contributed by atoms with Crippen molar-refractivity contribution in [3.05, 3.63) is 71.3 Å². The van der Waals surface area contributed by atoms with Gasteiger partial charge in [0.2, 0.25) is 0 Å². The van der Waals surface area contributed by atoms with Crippen molar-refractivity contribution >= 4 is 11.9 Å². The normalized spacial score (nSPS) is 12.0. The molecule has 0 fully saturated rings. The van der Waals surface area contributed by atoms with Gasteiger partial charge in [0.15, 0.2) is 0 Å². The van der Waals surface area contributed by atoms with Crippen LogP contribution in [0.2, 0.25) is 0 Å². The number of carboxylic acid groups (broad SMARTS) is 1. The first-order valence-electron chi connectivity index (χ1n) is 7.65. The Balaban J connectivity index is 2.03. The van der Waals surface area contributed by atoms with Gasteiger partial charge in [-0.2, -0.15) is 0 Å². The van der Waals surface area contributed by atoms with Crippen LogP contribution in [-0.4, -0.2) is 23.5 Å². The summed E-state index contributed by atoms with van der Waals surface area (Å²) in [5.41, 5.74) is 2.37. The second kappa shape index (κ2) is 7.58. The third-order valence-corrected chi connectivity index (χ3v) is 3.81. The van der Waals surface area contributed by atoms with Crippen molar-refractivity contribution in [3.8, 4) is 0 Å². The number of hydrogen-bond donors (Lipinski definition) is 2. The molecule has 0 spiro atoms. The highest BCUT2D eigenvalue weighted by atomic mass is 16.4. The first-order chi connectivity index (χ1) is 11.0. The summed E-state index contributed by atoms with van der Waals surface area (Å²) in [7, 11) is 0. The lowest BCUT2D eigenvalue weighted by Gasteiger charge is -2.14. The molecule has 1 amide bonds. The molecule has 2 aromatic carbocycles. The highest BCUT2D eigenvalue weighted by molar-refractivity contribution is 5.94. The van der Waals surface area contributed by atoms with Gasteiger partial charge in [0.1, 0.15) is 0 Å². The molecule has 0 radical (unpaired) electrons. The Morgan fingerprint density at radius 3 is 2.09 bits per heavy atom. The van der Waals surface area contributed by atoms with E-state index in [0.717, 1.165) is 5.56 Å². The van der Waals surface area contributed by atoms with Crippen molar-refractivity contribution in [3.63, 3.8) is 0 Å². The Bertz CT molecular complexity index is 663. The maximum Gasteiger partial charge on any atom is 0.312 e. The molecule has 23 heavy (non-hydrogen) atoms. The van der Waals surface area contributed by atoms with E-state index < -0.39 is 11.9 Å². The van der Waals surface area contributed by atoms with Crippen LogP contribution in [0.5, 0.6) is 0 Å². The average molecular weight is 311 g/mol. The molecular weight excluding hydrogens is 290 g/mol. The topological polar surface area (TPSA) is 66.4 Å². The third kappa shape index (κ3) is 4.42. The minimum Gasteiger partial charge on any atom is -0.481 e. The van der Waals surface area contributed by atoms with E-state index in [9.17, 15) is 14.7 Å². The predicted molar refractivity (Wildman–Crippen MR) is 89.7 cm³/mol. The molecule has 1 atom stereocenters. The predicted octanol–water partition coefficient (Wildman–Crippen LogP) is 3.41. The van der Waals surface area contributed by atoms with E-state index in [0.29, 0.717) is 17.0 Å². The van der Waals surface area contributed by atoms with Crippen LogP contribution in [0, 0.1) is 0 Å². The van der Waals surface area contributed by atoms with Crippen LogP contribution in [-0.2, 0) is 4.79 Å². The molecule has 120 valence electrons. The van der Waals surface area contributed by atoms with Gasteiger partial charge in [0.25, 0.3) is 5.91 Å². The molecule has 0 aromatic heterocycles. The van der Waals surface area contributed by atoms with Crippen LogP contribution in [0.1, 0.15) is 47.2 Å². The van der Waals surface area contributed by atoms with E-state index in [2.05, 4.69) is 19.2 Å². The van der Waals surface area contributed by atoms with Gasteiger partial charge in [-0.25, -0.2) is 0 Å². The fourth-order valence-electron chi connectivity index (χ4n) is 2.35. The van der Waals surface area contributed by atoms with Crippen LogP contribution < -0.4 is 5.32 Å². The highest BCUT2D eigenvalue weighted by Gasteiger charge is 2.20. The van der Waals surface area contributed by atoms with Crippen molar-refractivity contribution in [1.29, 1.82) is 0 Å². The van der Waals surface area contributed by atoms with E-state index in [4.69, 9.17) is 0 Å². The first-order valence-corrected chi connectivity index (χ1v) is 7.65. The number of hydrogen-bond acceptors (Lipinski definition) is 2. The van der Waals surface area contributed by atoms with Crippen LogP contribution in [0.15, 0.2) is 54.6 Å². The molecule has 0 heterocycles. The zero-order chi connectivity index (χ0) is 16.8. The maximum absolute atomic E-state index is 12.2. The summed E-state index contributed by atoms with van der Waals surface area (Å²) in [6.45, 7) is 4.24. The van der Waals surface area contributed by atoms with Gasteiger partial charge in [0.05, 0.1) is 5.92 Å². The highest BCUT2D eigenvalue weighted by Crippen LogP contribution is 2.16. The molecule has 2 rings (SSSR count).